The molecule has 118 valence electrons. The van der Waals surface area contributed by atoms with Gasteiger partial charge < -0.3 is 9.55 Å². The molecule has 0 saturated heterocycles. The molecule has 3 aromatic rings. The van der Waals surface area contributed by atoms with Crippen LogP contribution in [0.1, 0.15) is 5.56 Å². The number of pyridine rings is 1. The van der Waals surface area contributed by atoms with Crippen LogP contribution >= 0.6 is 0 Å². The second-order valence-electron chi connectivity index (χ2n) is 5.22. The van der Waals surface area contributed by atoms with Crippen LogP contribution in [-0.4, -0.2) is 14.5 Å². The molecule has 2 heterocycles. The van der Waals surface area contributed by atoms with Crippen molar-refractivity contribution in [2.45, 2.75) is 0 Å². The van der Waals surface area contributed by atoms with Crippen molar-refractivity contribution in [1.82, 2.24) is 9.55 Å². The lowest BCUT2D eigenvalue weighted by atomic mass is 10.0. The van der Waals surface area contributed by atoms with Gasteiger partial charge in [-0.15, -0.1) is 0 Å². The largest absolute Gasteiger partial charge is 0.351 e. The van der Waals surface area contributed by atoms with Crippen molar-refractivity contribution in [3.63, 3.8) is 0 Å². The Kier molecular flexibility index (Phi) is 3.72. The van der Waals surface area contributed by atoms with E-state index >= 15 is 0 Å². The van der Waals surface area contributed by atoms with Crippen molar-refractivity contribution in [2.24, 2.45) is 7.05 Å². The van der Waals surface area contributed by atoms with E-state index in [2.05, 4.69) is 4.98 Å². The lowest BCUT2D eigenvalue weighted by Gasteiger charge is -2.09. The van der Waals surface area contributed by atoms with Crippen LogP contribution in [-0.2, 0) is 7.05 Å². The average Bonchev–Trinajstić information content (AvgIpc) is 3.00. The number of hydrogen-bond donors (Lipinski definition) is 1. The summed E-state index contributed by atoms with van der Waals surface area (Å²) in [6.45, 7) is 0. The van der Waals surface area contributed by atoms with E-state index in [4.69, 9.17) is 0 Å². The summed E-state index contributed by atoms with van der Waals surface area (Å²) in [7, 11) is 1.82. The third-order valence-electron chi connectivity index (χ3n) is 3.75. The molecular weight excluding hydrogens is 308 g/mol. The van der Waals surface area contributed by atoms with Gasteiger partial charge in [0.15, 0.2) is 0 Å². The predicted molar refractivity (Wildman–Crippen MR) is 88.3 cm³/mol. The number of nitro benzene ring substituents is 1. The Bertz CT molecular complexity index is 1020. The van der Waals surface area contributed by atoms with Gasteiger partial charge in [0.25, 0.3) is 11.2 Å². The molecule has 1 N–H and O–H groups in total. The highest BCUT2D eigenvalue weighted by molar-refractivity contribution is 5.73. The number of nitriles is 1. The first-order valence-corrected chi connectivity index (χ1v) is 7.05. The summed E-state index contributed by atoms with van der Waals surface area (Å²) >= 11 is 0. The molecule has 0 aliphatic heterocycles. The van der Waals surface area contributed by atoms with Gasteiger partial charge in [-0.2, -0.15) is 5.26 Å². The maximum absolute atomic E-state index is 12.3. The molecule has 0 unspecified atom stereocenters. The maximum Gasteiger partial charge on any atom is 0.269 e. The number of non-ortho nitro benzene ring substituents is 1. The molecule has 0 atom stereocenters. The fourth-order valence-electron chi connectivity index (χ4n) is 2.53. The highest BCUT2D eigenvalue weighted by Gasteiger charge is 2.14. The summed E-state index contributed by atoms with van der Waals surface area (Å²) in [5, 5.41) is 20.0. The molecule has 0 fully saturated rings. The third kappa shape index (κ3) is 2.57. The highest BCUT2D eigenvalue weighted by atomic mass is 16.6. The first kappa shape index (κ1) is 15.2. The molecule has 0 aliphatic rings. The van der Waals surface area contributed by atoms with E-state index in [9.17, 15) is 20.2 Å². The molecule has 0 bridgehead atoms. The van der Waals surface area contributed by atoms with Crippen molar-refractivity contribution in [1.29, 1.82) is 5.26 Å². The molecule has 0 aliphatic carbocycles. The molecule has 24 heavy (non-hydrogen) atoms. The number of rotatable bonds is 3. The second kappa shape index (κ2) is 5.85. The maximum atomic E-state index is 12.3. The van der Waals surface area contributed by atoms with E-state index in [0.29, 0.717) is 16.8 Å². The van der Waals surface area contributed by atoms with Gasteiger partial charge in [-0.1, -0.05) is 0 Å². The number of H-pyrrole nitrogens is 1. The number of benzene rings is 1. The Morgan fingerprint density at radius 1 is 1.25 bits per heavy atom. The van der Waals surface area contributed by atoms with Crippen LogP contribution in [0.3, 0.4) is 0 Å². The molecule has 3 rings (SSSR count). The van der Waals surface area contributed by atoms with Crippen molar-refractivity contribution in [3.05, 3.63) is 74.7 Å². The van der Waals surface area contributed by atoms with Gasteiger partial charge in [-0.3, -0.25) is 14.9 Å². The summed E-state index contributed by atoms with van der Waals surface area (Å²) in [5.41, 5.74) is 1.87. The third-order valence-corrected chi connectivity index (χ3v) is 3.75. The molecular formula is C17H12N4O3. The summed E-state index contributed by atoms with van der Waals surface area (Å²) in [6.07, 6.45) is 1.82. The van der Waals surface area contributed by atoms with Crippen LogP contribution in [0.25, 0.3) is 22.5 Å². The van der Waals surface area contributed by atoms with Crippen LogP contribution in [0.5, 0.6) is 0 Å². The zero-order valence-corrected chi connectivity index (χ0v) is 12.7. The molecule has 0 spiro atoms. The number of nitrogens with zero attached hydrogens (tertiary/aromatic N) is 3. The lowest BCUT2D eigenvalue weighted by molar-refractivity contribution is -0.384. The summed E-state index contributed by atoms with van der Waals surface area (Å²) in [6, 6.07) is 13.1. The van der Waals surface area contributed by atoms with E-state index in [-0.39, 0.29) is 11.3 Å². The average molecular weight is 320 g/mol. The van der Waals surface area contributed by atoms with Crippen molar-refractivity contribution >= 4 is 5.69 Å². The standard InChI is InChI=1S/C17H12N4O3/c1-20-8-2-3-16(20)13-9-15(19-17(22)14(13)10-18)11-4-6-12(7-5-11)21(23)24/h2-9H,1H3,(H,19,22). The van der Waals surface area contributed by atoms with Crippen LogP contribution in [0.2, 0.25) is 0 Å². The van der Waals surface area contributed by atoms with Crippen LogP contribution < -0.4 is 5.56 Å². The minimum absolute atomic E-state index is 0.0301. The molecule has 0 amide bonds. The fourth-order valence-corrected chi connectivity index (χ4v) is 2.53. The Morgan fingerprint density at radius 2 is 1.96 bits per heavy atom. The molecule has 0 saturated carbocycles. The van der Waals surface area contributed by atoms with E-state index in [1.165, 1.54) is 12.1 Å². The first-order valence-electron chi connectivity index (χ1n) is 7.05. The highest BCUT2D eigenvalue weighted by Crippen LogP contribution is 2.27. The van der Waals surface area contributed by atoms with Crippen LogP contribution in [0.4, 0.5) is 5.69 Å². The van der Waals surface area contributed by atoms with E-state index in [1.54, 1.807) is 18.2 Å². The summed E-state index contributed by atoms with van der Waals surface area (Å²) in [5.74, 6) is 0. The normalized spacial score (nSPS) is 10.3. The van der Waals surface area contributed by atoms with E-state index < -0.39 is 10.5 Å². The number of aryl methyl sites for hydroxylation is 1. The SMILES string of the molecule is Cn1cccc1-c1cc(-c2ccc([N+](=O)[O-])cc2)[nH]c(=O)c1C#N. The molecule has 0 radical (unpaired) electrons. The van der Waals surface area contributed by atoms with Crippen molar-refractivity contribution in [2.75, 3.05) is 0 Å². The van der Waals surface area contributed by atoms with Gasteiger partial charge in [0, 0.05) is 42.3 Å². The van der Waals surface area contributed by atoms with E-state index in [0.717, 1.165) is 5.69 Å². The predicted octanol–water partition coefficient (Wildman–Crippen LogP) is 2.83. The Balaban J connectivity index is 2.19. The summed E-state index contributed by atoms with van der Waals surface area (Å²) < 4.78 is 1.81. The Hall–Kier alpha value is -3.66. The molecule has 7 nitrogen and oxygen atoms in total. The second-order valence-corrected chi connectivity index (χ2v) is 5.22. The minimum Gasteiger partial charge on any atom is -0.351 e. The van der Waals surface area contributed by atoms with Crippen LogP contribution in [0, 0.1) is 21.4 Å². The molecule has 1 aromatic carbocycles. The Labute approximate surface area is 136 Å². The molecule has 2 aromatic heterocycles. The minimum atomic E-state index is -0.496. The first-order chi connectivity index (χ1) is 11.5. The zero-order chi connectivity index (χ0) is 17.3. The monoisotopic (exact) mass is 320 g/mol. The summed E-state index contributed by atoms with van der Waals surface area (Å²) in [4.78, 5) is 25.2. The molecule has 7 heteroatoms. The quantitative estimate of drug-likeness (QED) is 0.591. The topological polar surface area (TPSA) is 105 Å². The number of nitrogens with one attached hydrogen (secondary N) is 1. The van der Waals surface area contributed by atoms with Crippen molar-refractivity contribution in [3.8, 4) is 28.6 Å². The van der Waals surface area contributed by atoms with Gasteiger partial charge in [0.1, 0.15) is 11.6 Å². The fraction of sp³-hybridized carbons (Fsp3) is 0.0588. The number of aromatic amines is 1. The van der Waals surface area contributed by atoms with Gasteiger partial charge >= 0.3 is 0 Å². The number of aromatic nitrogens is 2. The van der Waals surface area contributed by atoms with Gasteiger partial charge in [-0.25, -0.2) is 0 Å². The lowest BCUT2D eigenvalue weighted by Crippen LogP contribution is -2.13. The number of hydrogen-bond acceptors (Lipinski definition) is 4. The smallest absolute Gasteiger partial charge is 0.269 e. The Morgan fingerprint density at radius 3 is 2.50 bits per heavy atom. The van der Waals surface area contributed by atoms with Crippen LogP contribution in [0.15, 0.2) is 53.5 Å². The van der Waals surface area contributed by atoms with Gasteiger partial charge in [0.2, 0.25) is 0 Å². The van der Waals surface area contributed by atoms with E-state index in [1.807, 2.05) is 36.0 Å². The zero-order valence-electron chi connectivity index (χ0n) is 12.7. The number of nitro groups is 1. The van der Waals surface area contributed by atoms with Crippen molar-refractivity contribution < 1.29 is 4.92 Å². The van der Waals surface area contributed by atoms with Gasteiger partial charge in [-0.05, 0) is 35.9 Å². The van der Waals surface area contributed by atoms with Gasteiger partial charge in [0.05, 0.1) is 4.92 Å².